The molecule has 0 spiro atoms. The highest BCUT2D eigenvalue weighted by atomic mass is 16.4. The van der Waals surface area contributed by atoms with Gasteiger partial charge in [0.05, 0.1) is 5.92 Å². The Morgan fingerprint density at radius 1 is 1.45 bits per heavy atom. The maximum Gasteiger partial charge on any atom is 0.308 e. The van der Waals surface area contributed by atoms with Crippen molar-refractivity contribution in [2.75, 3.05) is 13.6 Å². The molecule has 1 heterocycles. The van der Waals surface area contributed by atoms with E-state index in [4.69, 9.17) is 0 Å². The van der Waals surface area contributed by atoms with E-state index in [2.05, 4.69) is 0 Å². The lowest BCUT2D eigenvalue weighted by Gasteiger charge is -2.43. The number of carboxylic acid groups (broad SMARTS) is 1. The predicted octanol–water partition coefficient (Wildman–Crippen LogP) is 0.811. The van der Waals surface area contributed by atoms with Gasteiger partial charge in [0.1, 0.15) is 6.04 Å². The lowest BCUT2D eigenvalue weighted by Crippen LogP contribution is -2.59. The van der Waals surface area contributed by atoms with E-state index in [-0.39, 0.29) is 24.2 Å². The van der Waals surface area contributed by atoms with E-state index in [1.807, 2.05) is 6.92 Å². The van der Waals surface area contributed by atoms with Crippen LogP contribution in [0.5, 0.6) is 0 Å². The zero-order valence-electron chi connectivity index (χ0n) is 12.8. The summed E-state index contributed by atoms with van der Waals surface area (Å²) in [6.07, 6.45) is 0.175. The molecule has 1 rings (SSSR count). The molecule has 0 aromatic carbocycles. The third-order valence-electron chi connectivity index (χ3n) is 4.27. The summed E-state index contributed by atoms with van der Waals surface area (Å²) in [7, 11) is 1.68. The molecule has 0 bridgehead atoms. The second kappa shape index (κ2) is 6.24. The molecule has 0 saturated carbocycles. The number of amides is 2. The van der Waals surface area contributed by atoms with Gasteiger partial charge in [0.25, 0.3) is 0 Å². The summed E-state index contributed by atoms with van der Waals surface area (Å²) in [6.45, 7) is 7.56. The molecule has 0 radical (unpaired) electrons. The molecule has 2 amide bonds. The number of rotatable bonds is 4. The number of piperidine rings is 1. The number of carboxylic acids is 1. The van der Waals surface area contributed by atoms with E-state index in [0.717, 1.165) is 0 Å². The average Bonchev–Trinajstić information content (AvgIpc) is 2.35. The standard InChI is InChI=1S/C14H24N2O4/c1-6-15(5)13(18)10(4)16-9(3)12(14(19)20)8(2)7-11(16)17/h8-10,12H,6-7H2,1-5H3,(H,19,20). The minimum Gasteiger partial charge on any atom is -0.481 e. The summed E-state index contributed by atoms with van der Waals surface area (Å²) in [5.41, 5.74) is 0. The Kier molecular flexibility index (Phi) is 5.14. The van der Waals surface area contributed by atoms with E-state index in [9.17, 15) is 19.5 Å². The van der Waals surface area contributed by atoms with Crippen molar-refractivity contribution in [1.29, 1.82) is 0 Å². The molecule has 1 saturated heterocycles. The van der Waals surface area contributed by atoms with Crippen molar-refractivity contribution < 1.29 is 19.5 Å². The lowest BCUT2D eigenvalue weighted by atomic mass is 9.80. The van der Waals surface area contributed by atoms with E-state index in [1.165, 1.54) is 4.90 Å². The first-order valence-corrected chi connectivity index (χ1v) is 7.01. The van der Waals surface area contributed by atoms with Gasteiger partial charge >= 0.3 is 5.97 Å². The van der Waals surface area contributed by atoms with Crippen molar-refractivity contribution in [2.24, 2.45) is 11.8 Å². The van der Waals surface area contributed by atoms with Crippen LogP contribution in [0, 0.1) is 11.8 Å². The van der Waals surface area contributed by atoms with Gasteiger partial charge in [-0.25, -0.2) is 0 Å². The molecule has 4 unspecified atom stereocenters. The fourth-order valence-corrected chi connectivity index (χ4v) is 3.00. The largest absolute Gasteiger partial charge is 0.481 e. The molecule has 6 nitrogen and oxygen atoms in total. The van der Waals surface area contributed by atoms with Gasteiger partial charge in [0, 0.05) is 26.1 Å². The molecule has 0 aromatic heterocycles. The number of likely N-dealkylation sites (N-methyl/N-ethyl adjacent to an activating group) is 1. The molecular formula is C14H24N2O4. The first-order chi connectivity index (χ1) is 9.22. The quantitative estimate of drug-likeness (QED) is 0.828. The molecule has 114 valence electrons. The number of likely N-dealkylation sites (tertiary alicyclic amines) is 1. The van der Waals surface area contributed by atoms with E-state index in [0.29, 0.717) is 6.54 Å². The number of nitrogens with zero attached hydrogens (tertiary/aromatic N) is 2. The van der Waals surface area contributed by atoms with Gasteiger partial charge in [0.2, 0.25) is 11.8 Å². The zero-order chi connectivity index (χ0) is 15.6. The van der Waals surface area contributed by atoms with E-state index >= 15 is 0 Å². The highest BCUT2D eigenvalue weighted by Gasteiger charge is 2.44. The van der Waals surface area contributed by atoms with Gasteiger partial charge in [-0.3, -0.25) is 14.4 Å². The molecule has 6 heteroatoms. The van der Waals surface area contributed by atoms with Crippen LogP contribution in [0.25, 0.3) is 0 Å². The Labute approximate surface area is 119 Å². The monoisotopic (exact) mass is 284 g/mol. The van der Waals surface area contributed by atoms with Crippen LogP contribution in [0.3, 0.4) is 0 Å². The number of hydrogen-bond acceptors (Lipinski definition) is 3. The van der Waals surface area contributed by atoms with Crippen LogP contribution in [0.4, 0.5) is 0 Å². The molecule has 20 heavy (non-hydrogen) atoms. The predicted molar refractivity (Wildman–Crippen MR) is 74.0 cm³/mol. The Bertz CT molecular complexity index is 410. The van der Waals surface area contributed by atoms with Crippen molar-refractivity contribution in [3.63, 3.8) is 0 Å². The summed E-state index contributed by atoms with van der Waals surface area (Å²) in [5, 5.41) is 9.33. The molecule has 0 aliphatic carbocycles. The van der Waals surface area contributed by atoms with Crippen LogP contribution in [0.2, 0.25) is 0 Å². The Morgan fingerprint density at radius 2 is 2.00 bits per heavy atom. The fourth-order valence-electron chi connectivity index (χ4n) is 3.00. The topological polar surface area (TPSA) is 77.9 Å². The van der Waals surface area contributed by atoms with Gasteiger partial charge in [-0.2, -0.15) is 0 Å². The third-order valence-corrected chi connectivity index (χ3v) is 4.27. The van der Waals surface area contributed by atoms with Crippen LogP contribution in [-0.4, -0.2) is 58.4 Å². The molecule has 1 fully saturated rings. The zero-order valence-corrected chi connectivity index (χ0v) is 12.8. The minimum atomic E-state index is -0.911. The van der Waals surface area contributed by atoms with Crippen molar-refractivity contribution in [3.8, 4) is 0 Å². The van der Waals surface area contributed by atoms with Crippen molar-refractivity contribution in [3.05, 3.63) is 0 Å². The van der Waals surface area contributed by atoms with Crippen LogP contribution in [0.1, 0.15) is 34.1 Å². The van der Waals surface area contributed by atoms with Crippen molar-refractivity contribution in [2.45, 2.75) is 46.2 Å². The van der Waals surface area contributed by atoms with Gasteiger partial charge in [-0.1, -0.05) is 6.92 Å². The molecular weight excluding hydrogens is 260 g/mol. The maximum absolute atomic E-state index is 12.2. The van der Waals surface area contributed by atoms with Crippen LogP contribution < -0.4 is 0 Å². The van der Waals surface area contributed by atoms with E-state index < -0.39 is 24.0 Å². The molecule has 1 N–H and O–H groups in total. The first kappa shape index (κ1) is 16.5. The van der Waals surface area contributed by atoms with Crippen LogP contribution in [-0.2, 0) is 14.4 Å². The van der Waals surface area contributed by atoms with Gasteiger partial charge in [-0.15, -0.1) is 0 Å². The normalized spacial score (nSPS) is 28.1. The highest BCUT2D eigenvalue weighted by Crippen LogP contribution is 2.31. The average molecular weight is 284 g/mol. The van der Waals surface area contributed by atoms with Crippen LogP contribution in [0.15, 0.2) is 0 Å². The SMILES string of the molecule is CCN(C)C(=O)C(C)N1C(=O)CC(C)C(C(=O)O)C1C. The Hall–Kier alpha value is -1.59. The molecule has 1 aliphatic rings. The van der Waals surface area contributed by atoms with Crippen LogP contribution >= 0.6 is 0 Å². The van der Waals surface area contributed by atoms with Gasteiger partial charge < -0.3 is 14.9 Å². The second-order valence-electron chi connectivity index (χ2n) is 5.62. The maximum atomic E-state index is 12.2. The van der Waals surface area contributed by atoms with Crippen molar-refractivity contribution >= 4 is 17.8 Å². The molecule has 0 aromatic rings. The van der Waals surface area contributed by atoms with E-state index in [1.54, 1.807) is 32.7 Å². The lowest BCUT2D eigenvalue weighted by molar-refractivity contribution is -0.161. The summed E-state index contributed by atoms with van der Waals surface area (Å²) in [5.74, 6) is -2.06. The highest BCUT2D eigenvalue weighted by molar-refractivity contribution is 5.89. The fraction of sp³-hybridized carbons (Fsp3) is 0.786. The minimum absolute atomic E-state index is 0.146. The van der Waals surface area contributed by atoms with Crippen molar-refractivity contribution in [1.82, 2.24) is 9.80 Å². The number of carbonyl (C=O) groups excluding carboxylic acids is 2. The second-order valence-corrected chi connectivity index (χ2v) is 5.62. The summed E-state index contributed by atoms with van der Waals surface area (Å²) in [6, 6.07) is -1.11. The Morgan fingerprint density at radius 3 is 2.45 bits per heavy atom. The summed E-state index contributed by atoms with van der Waals surface area (Å²) >= 11 is 0. The summed E-state index contributed by atoms with van der Waals surface area (Å²) < 4.78 is 0. The third kappa shape index (κ3) is 2.94. The Balaban J connectivity index is 3.00. The number of carbonyl (C=O) groups is 3. The number of aliphatic carboxylic acids is 1. The summed E-state index contributed by atoms with van der Waals surface area (Å²) in [4.78, 5) is 38.8. The smallest absolute Gasteiger partial charge is 0.308 e. The number of hydrogen-bond donors (Lipinski definition) is 1. The first-order valence-electron chi connectivity index (χ1n) is 7.01. The van der Waals surface area contributed by atoms with Gasteiger partial charge in [-0.05, 0) is 26.7 Å². The molecule has 1 aliphatic heterocycles. The van der Waals surface area contributed by atoms with Gasteiger partial charge in [0.15, 0.2) is 0 Å². The molecule has 4 atom stereocenters.